The maximum absolute atomic E-state index is 12.6. The Hall–Kier alpha value is -2.12. The Balaban J connectivity index is 2.42. The largest absolute Gasteiger partial charge is 0.481 e. The van der Waals surface area contributed by atoms with Gasteiger partial charge < -0.3 is 9.84 Å². The van der Waals surface area contributed by atoms with Crippen molar-refractivity contribution in [1.82, 2.24) is 9.55 Å². The molecule has 2 aromatic rings. The van der Waals surface area contributed by atoms with Crippen molar-refractivity contribution in [2.75, 3.05) is 12.9 Å². The van der Waals surface area contributed by atoms with Gasteiger partial charge in [0.1, 0.15) is 0 Å². The normalized spacial score (nSPS) is 10.7. The van der Waals surface area contributed by atoms with Gasteiger partial charge >= 0.3 is 5.97 Å². The Morgan fingerprint density at radius 1 is 1.35 bits per heavy atom. The van der Waals surface area contributed by atoms with Crippen LogP contribution in [0.2, 0.25) is 0 Å². The molecule has 0 aliphatic heterocycles. The molecule has 0 aliphatic carbocycles. The number of aliphatic carboxylic acids is 1. The lowest BCUT2D eigenvalue weighted by Crippen LogP contribution is -2.27. The minimum absolute atomic E-state index is 0.148. The van der Waals surface area contributed by atoms with E-state index in [1.54, 1.807) is 7.05 Å². The van der Waals surface area contributed by atoms with Crippen LogP contribution in [-0.2, 0) is 29.6 Å². The second kappa shape index (κ2) is 7.94. The summed E-state index contributed by atoms with van der Waals surface area (Å²) in [5, 5.41) is 9.17. The molecule has 1 N–H and O–H groups in total. The zero-order valence-corrected chi connectivity index (χ0v) is 13.8. The Kier molecular flexibility index (Phi) is 5.95. The predicted molar refractivity (Wildman–Crippen MR) is 87.8 cm³/mol. The number of carboxylic acids is 1. The highest BCUT2D eigenvalue weighted by molar-refractivity contribution is 7.99. The topological polar surface area (TPSA) is 81.4 Å². The highest BCUT2D eigenvalue weighted by atomic mass is 32.2. The number of benzene rings is 1. The van der Waals surface area contributed by atoms with E-state index in [1.165, 1.54) is 11.7 Å². The highest BCUT2D eigenvalue weighted by Gasteiger charge is 2.16. The first kappa shape index (κ1) is 17.2. The third-order valence-corrected chi connectivity index (χ3v) is 4.27. The zero-order valence-electron chi connectivity index (χ0n) is 13.0. The van der Waals surface area contributed by atoms with Crippen molar-refractivity contribution in [3.8, 4) is 0 Å². The Morgan fingerprint density at radius 2 is 2.04 bits per heavy atom. The van der Waals surface area contributed by atoms with Gasteiger partial charge in [-0.2, -0.15) is 0 Å². The van der Waals surface area contributed by atoms with Crippen LogP contribution >= 0.6 is 11.8 Å². The summed E-state index contributed by atoms with van der Waals surface area (Å²) >= 11 is 1.02. The second-order valence-electron chi connectivity index (χ2n) is 4.96. The van der Waals surface area contributed by atoms with Gasteiger partial charge in [-0.05, 0) is 5.56 Å². The Labute approximate surface area is 138 Å². The zero-order chi connectivity index (χ0) is 16.8. The first-order valence-corrected chi connectivity index (χ1v) is 7.97. The molecule has 0 atom stereocenters. The van der Waals surface area contributed by atoms with E-state index < -0.39 is 5.97 Å². The summed E-state index contributed by atoms with van der Waals surface area (Å²) in [6.07, 6.45) is 0.461. The molecular formula is C16H18N2O4S. The summed E-state index contributed by atoms with van der Waals surface area (Å²) in [6.45, 7) is 0.207. The summed E-state index contributed by atoms with van der Waals surface area (Å²) in [5.74, 6) is -1.10. The minimum Gasteiger partial charge on any atom is -0.481 e. The summed E-state index contributed by atoms with van der Waals surface area (Å²) in [5.41, 5.74) is 1.95. The molecule has 0 saturated heterocycles. The van der Waals surface area contributed by atoms with E-state index in [0.717, 1.165) is 17.3 Å². The van der Waals surface area contributed by atoms with Crippen LogP contribution in [0, 0.1) is 0 Å². The Morgan fingerprint density at radius 3 is 2.65 bits per heavy atom. The second-order valence-corrected chi connectivity index (χ2v) is 5.90. The first-order valence-electron chi connectivity index (χ1n) is 6.99. The van der Waals surface area contributed by atoms with Crippen LogP contribution in [0.15, 0.2) is 40.3 Å². The molecule has 1 aromatic heterocycles. The van der Waals surface area contributed by atoms with E-state index >= 15 is 0 Å². The number of carboxylic acid groups (broad SMARTS) is 1. The summed E-state index contributed by atoms with van der Waals surface area (Å²) < 4.78 is 6.54. The molecule has 0 amide bonds. The fraction of sp³-hybridized carbons (Fsp3) is 0.312. The van der Waals surface area contributed by atoms with E-state index in [2.05, 4.69) is 4.98 Å². The highest BCUT2D eigenvalue weighted by Crippen LogP contribution is 2.17. The van der Waals surface area contributed by atoms with Crippen molar-refractivity contribution in [2.24, 2.45) is 7.05 Å². The van der Waals surface area contributed by atoms with Gasteiger partial charge in [0, 0.05) is 26.1 Å². The average Bonchev–Trinajstić information content (AvgIpc) is 2.54. The lowest BCUT2D eigenvalue weighted by Gasteiger charge is -2.13. The molecule has 2 rings (SSSR count). The predicted octanol–water partition coefficient (Wildman–Crippen LogP) is 1.69. The number of hydrogen-bond donors (Lipinski definition) is 1. The molecule has 122 valence electrons. The average molecular weight is 334 g/mol. The van der Waals surface area contributed by atoms with Gasteiger partial charge in [0.05, 0.1) is 18.1 Å². The maximum Gasteiger partial charge on any atom is 0.313 e. The van der Waals surface area contributed by atoms with E-state index in [0.29, 0.717) is 22.8 Å². The molecule has 0 aliphatic rings. The quantitative estimate of drug-likeness (QED) is 0.613. The molecule has 0 unspecified atom stereocenters. The van der Waals surface area contributed by atoms with E-state index in [-0.39, 0.29) is 17.9 Å². The van der Waals surface area contributed by atoms with E-state index in [9.17, 15) is 9.59 Å². The van der Waals surface area contributed by atoms with Crippen molar-refractivity contribution in [3.63, 3.8) is 0 Å². The van der Waals surface area contributed by atoms with Crippen LogP contribution in [0.3, 0.4) is 0 Å². The van der Waals surface area contributed by atoms with Crippen LogP contribution in [0.5, 0.6) is 0 Å². The Bertz CT molecular complexity index is 744. The summed E-state index contributed by atoms with van der Waals surface area (Å²) in [7, 11) is 3.14. The molecule has 7 heteroatoms. The van der Waals surface area contributed by atoms with Crippen LogP contribution in [0.25, 0.3) is 0 Å². The lowest BCUT2D eigenvalue weighted by molar-refractivity contribution is -0.133. The number of rotatable bonds is 7. The molecule has 23 heavy (non-hydrogen) atoms. The summed E-state index contributed by atoms with van der Waals surface area (Å²) in [6, 6.07) is 9.65. The number of nitrogens with zero attached hydrogens (tertiary/aromatic N) is 2. The summed E-state index contributed by atoms with van der Waals surface area (Å²) in [4.78, 5) is 27.8. The first-order chi connectivity index (χ1) is 11.0. The third-order valence-electron chi connectivity index (χ3n) is 3.26. The van der Waals surface area contributed by atoms with Gasteiger partial charge in [-0.25, -0.2) is 4.98 Å². The van der Waals surface area contributed by atoms with Crippen molar-refractivity contribution in [2.45, 2.75) is 18.2 Å². The molecule has 0 radical (unpaired) electrons. The van der Waals surface area contributed by atoms with Gasteiger partial charge in [0.2, 0.25) is 0 Å². The van der Waals surface area contributed by atoms with Gasteiger partial charge in [-0.1, -0.05) is 42.1 Å². The van der Waals surface area contributed by atoms with E-state index in [1.807, 2.05) is 30.3 Å². The molecule has 1 aromatic carbocycles. The fourth-order valence-corrected chi connectivity index (χ4v) is 2.86. The minimum atomic E-state index is -0.953. The molecule has 0 fully saturated rings. The molecule has 6 nitrogen and oxygen atoms in total. The number of ether oxygens (including phenoxy) is 1. The lowest BCUT2D eigenvalue weighted by atomic mass is 10.0. The van der Waals surface area contributed by atoms with Crippen LogP contribution in [0.4, 0.5) is 0 Å². The molecule has 1 heterocycles. The fourth-order valence-electron chi connectivity index (χ4n) is 2.16. The number of hydrogen-bond acceptors (Lipinski definition) is 5. The number of aromatic nitrogens is 2. The monoisotopic (exact) mass is 334 g/mol. The number of carbonyl (C=O) groups is 1. The van der Waals surface area contributed by atoms with Crippen LogP contribution < -0.4 is 5.56 Å². The molecular weight excluding hydrogens is 316 g/mol. The van der Waals surface area contributed by atoms with E-state index in [4.69, 9.17) is 9.84 Å². The van der Waals surface area contributed by atoms with Crippen molar-refractivity contribution in [1.29, 1.82) is 0 Å². The smallest absolute Gasteiger partial charge is 0.313 e. The molecule has 0 spiro atoms. The van der Waals surface area contributed by atoms with Crippen molar-refractivity contribution in [3.05, 3.63) is 57.5 Å². The van der Waals surface area contributed by atoms with Crippen LogP contribution in [0.1, 0.15) is 16.8 Å². The van der Waals surface area contributed by atoms with Gasteiger partial charge in [-0.15, -0.1) is 0 Å². The van der Waals surface area contributed by atoms with Gasteiger partial charge in [0.25, 0.3) is 5.56 Å². The van der Waals surface area contributed by atoms with Gasteiger partial charge in [0.15, 0.2) is 5.16 Å². The van der Waals surface area contributed by atoms with Crippen molar-refractivity contribution < 1.29 is 14.6 Å². The standard InChI is InChI=1S/C16H18N2O4S/c1-18-15(21)12(8-11-6-4-3-5-7-11)13(9-22-2)17-16(18)23-10-14(19)20/h3-7H,8-10H2,1-2H3,(H,19,20). The third kappa shape index (κ3) is 4.43. The SMILES string of the molecule is COCc1nc(SCC(=O)O)n(C)c(=O)c1Cc1ccccc1. The molecule has 0 bridgehead atoms. The van der Waals surface area contributed by atoms with Gasteiger partial charge in [-0.3, -0.25) is 14.2 Å². The molecule has 0 saturated carbocycles. The van der Waals surface area contributed by atoms with Crippen molar-refractivity contribution >= 4 is 17.7 Å². The maximum atomic E-state index is 12.6. The van der Waals surface area contributed by atoms with Crippen LogP contribution in [-0.4, -0.2) is 33.5 Å². The number of methoxy groups -OCH3 is 1. The number of thioether (sulfide) groups is 1.